The van der Waals surface area contributed by atoms with Crippen LogP contribution in [-0.2, 0) is 5.60 Å². The minimum atomic E-state index is -0.728. The van der Waals surface area contributed by atoms with Gasteiger partial charge in [0.25, 0.3) is 0 Å². The molecule has 0 aliphatic heterocycles. The Morgan fingerprint density at radius 2 is 1.71 bits per heavy atom. The SMILES string of the molecule is CCC(C)c1ccc(C(C)(C)O)cc1. The average Bonchev–Trinajstić information content (AvgIpc) is 2.15. The van der Waals surface area contributed by atoms with E-state index in [0.717, 1.165) is 12.0 Å². The van der Waals surface area contributed by atoms with Gasteiger partial charge in [0.2, 0.25) is 0 Å². The van der Waals surface area contributed by atoms with E-state index in [4.69, 9.17) is 0 Å². The van der Waals surface area contributed by atoms with Crippen molar-refractivity contribution in [3.8, 4) is 0 Å². The van der Waals surface area contributed by atoms with Crippen molar-refractivity contribution in [2.75, 3.05) is 0 Å². The normalized spacial score (nSPS) is 14.1. The van der Waals surface area contributed by atoms with Crippen molar-refractivity contribution in [3.63, 3.8) is 0 Å². The van der Waals surface area contributed by atoms with Crippen LogP contribution in [0.15, 0.2) is 24.3 Å². The van der Waals surface area contributed by atoms with Gasteiger partial charge in [-0.2, -0.15) is 0 Å². The first kappa shape index (κ1) is 11.3. The highest BCUT2D eigenvalue weighted by molar-refractivity contribution is 5.28. The van der Waals surface area contributed by atoms with Gasteiger partial charge < -0.3 is 5.11 Å². The van der Waals surface area contributed by atoms with Gasteiger partial charge in [-0.25, -0.2) is 0 Å². The molecule has 1 aromatic rings. The van der Waals surface area contributed by atoms with E-state index in [1.807, 2.05) is 26.0 Å². The Bertz CT molecular complexity index is 279. The first-order valence-electron chi connectivity index (χ1n) is 5.28. The van der Waals surface area contributed by atoms with E-state index in [2.05, 4.69) is 26.0 Å². The topological polar surface area (TPSA) is 20.2 Å². The van der Waals surface area contributed by atoms with E-state index in [1.54, 1.807) is 0 Å². The van der Waals surface area contributed by atoms with E-state index in [9.17, 15) is 5.11 Å². The Labute approximate surface area is 86.8 Å². The minimum Gasteiger partial charge on any atom is -0.386 e. The van der Waals surface area contributed by atoms with Crippen molar-refractivity contribution in [1.29, 1.82) is 0 Å². The van der Waals surface area contributed by atoms with Crippen molar-refractivity contribution < 1.29 is 5.11 Å². The molecule has 1 unspecified atom stereocenters. The fourth-order valence-corrected chi connectivity index (χ4v) is 1.46. The van der Waals surface area contributed by atoms with Gasteiger partial charge in [-0.05, 0) is 37.3 Å². The first-order valence-corrected chi connectivity index (χ1v) is 5.28. The zero-order valence-corrected chi connectivity index (χ0v) is 9.54. The minimum absolute atomic E-state index is 0.603. The van der Waals surface area contributed by atoms with Crippen LogP contribution in [0.1, 0.15) is 51.2 Å². The Kier molecular flexibility index (Phi) is 3.33. The highest BCUT2D eigenvalue weighted by atomic mass is 16.3. The van der Waals surface area contributed by atoms with Crippen LogP contribution in [0.3, 0.4) is 0 Å². The summed E-state index contributed by atoms with van der Waals surface area (Å²) in [6.07, 6.45) is 1.15. The maximum absolute atomic E-state index is 9.78. The zero-order chi connectivity index (χ0) is 10.8. The molecular formula is C13H20O. The van der Waals surface area contributed by atoms with Crippen LogP contribution >= 0.6 is 0 Å². The molecule has 1 aromatic carbocycles. The second-order valence-electron chi connectivity index (χ2n) is 4.49. The molecule has 0 bridgehead atoms. The third-order valence-corrected chi connectivity index (χ3v) is 2.80. The van der Waals surface area contributed by atoms with Crippen molar-refractivity contribution in [3.05, 3.63) is 35.4 Å². The Hall–Kier alpha value is -0.820. The van der Waals surface area contributed by atoms with Gasteiger partial charge >= 0.3 is 0 Å². The summed E-state index contributed by atoms with van der Waals surface area (Å²) in [5.41, 5.74) is 1.60. The Morgan fingerprint density at radius 1 is 1.21 bits per heavy atom. The Balaban J connectivity index is 2.89. The molecule has 0 aromatic heterocycles. The molecule has 0 amide bonds. The zero-order valence-electron chi connectivity index (χ0n) is 9.54. The standard InChI is InChI=1S/C13H20O/c1-5-10(2)11-6-8-12(9-7-11)13(3,4)14/h6-10,14H,5H2,1-4H3. The van der Waals surface area contributed by atoms with Crippen LogP contribution in [0.25, 0.3) is 0 Å². The largest absolute Gasteiger partial charge is 0.386 e. The molecule has 0 radical (unpaired) electrons. The molecule has 0 aliphatic carbocycles. The molecular weight excluding hydrogens is 172 g/mol. The van der Waals surface area contributed by atoms with Crippen LogP contribution < -0.4 is 0 Å². The van der Waals surface area contributed by atoms with Gasteiger partial charge in [0, 0.05) is 0 Å². The maximum atomic E-state index is 9.78. The maximum Gasteiger partial charge on any atom is 0.0840 e. The first-order chi connectivity index (χ1) is 6.45. The fourth-order valence-electron chi connectivity index (χ4n) is 1.46. The molecule has 0 heterocycles. The van der Waals surface area contributed by atoms with Crippen LogP contribution in [0.4, 0.5) is 0 Å². The van der Waals surface area contributed by atoms with Gasteiger partial charge in [-0.1, -0.05) is 38.1 Å². The smallest absolute Gasteiger partial charge is 0.0840 e. The molecule has 0 saturated heterocycles. The lowest BCUT2D eigenvalue weighted by Gasteiger charge is -2.18. The van der Waals surface area contributed by atoms with Gasteiger partial charge in [-0.3, -0.25) is 0 Å². The predicted molar refractivity (Wildman–Crippen MR) is 60.4 cm³/mol. The van der Waals surface area contributed by atoms with E-state index < -0.39 is 5.60 Å². The van der Waals surface area contributed by atoms with Gasteiger partial charge in [-0.15, -0.1) is 0 Å². The molecule has 1 rings (SSSR count). The molecule has 0 fully saturated rings. The number of hydrogen-bond acceptors (Lipinski definition) is 1. The van der Waals surface area contributed by atoms with E-state index >= 15 is 0 Å². The fraction of sp³-hybridized carbons (Fsp3) is 0.538. The van der Waals surface area contributed by atoms with Crippen LogP contribution in [0.5, 0.6) is 0 Å². The number of aliphatic hydroxyl groups is 1. The number of rotatable bonds is 3. The van der Waals surface area contributed by atoms with Crippen LogP contribution in [-0.4, -0.2) is 5.11 Å². The molecule has 0 saturated carbocycles. The second kappa shape index (κ2) is 4.14. The van der Waals surface area contributed by atoms with Crippen LogP contribution in [0.2, 0.25) is 0 Å². The third kappa shape index (κ3) is 2.58. The van der Waals surface area contributed by atoms with E-state index in [-0.39, 0.29) is 0 Å². The molecule has 1 N–H and O–H groups in total. The summed E-state index contributed by atoms with van der Waals surface area (Å²) in [7, 11) is 0. The molecule has 1 nitrogen and oxygen atoms in total. The quantitative estimate of drug-likeness (QED) is 0.778. The molecule has 1 atom stereocenters. The third-order valence-electron chi connectivity index (χ3n) is 2.80. The van der Waals surface area contributed by atoms with Crippen molar-refractivity contribution in [1.82, 2.24) is 0 Å². The average molecular weight is 192 g/mol. The van der Waals surface area contributed by atoms with Crippen molar-refractivity contribution in [2.45, 2.75) is 45.6 Å². The van der Waals surface area contributed by atoms with Crippen molar-refractivity contribution >= 4 is 0 Å². The summed E-state index contributed by atoms with van der Waals surface area (Å²) in [6.45, 7) is 8.03. The summed E-state index contributed by atoms with van der Waals surface area (Å²) < 4.78 is 0. The second-order valence-corrected chi connectivity index (χ2v) is 4.49. The highest BCUT2D eigenvalue weighted by Gasteiger charge is 2.15. The lowest BCUT2D eigenvalue weighted by atomic mass is 9.93. The predicted octanol–water partition coefficient (Wildman–Crippen LogP) is 3.43. The lowest BCUT2D eigenvalue weighted by molar-refractivity contribution is 0.0786. The van der Waals surface area contributed by atoms with Crippen molar-refractivity contribution in [2.24, 2.45) is 0 Å². The van der Waals surface area contributed by atoms with Gasteiger partial charge in [0.15, 0.2) is 0 Å². The molecule has 14 heavy (non-hydrogen) atoms. The summed E-state index contributed by atoms with van der Waals surface area (Å²) >= 11 is 0. The summed E-state index contributed by atoms with van der Waals surface area (Å²) in [4.78, 5) is 0. The van der Waals surface area contributed by atoms with Gasteiger partial charge in [0.1, 0.15) is 0 Å². The lowest BCUT2D eigenvalue weighted by Crippen LogP contribution is -2.15. The van der Waals surface area contributed by atoms with E-state index in [1.165, 1.54) is 5.56 Å². The molecule has 0 aliphatic rings. The number of hydrogen-bond donors (Lipinski definition) is 1. The summed E-state index contributed by atoms with van der Waals surface area (Å²) in [5.74, 6) is 0.603. The molecule has 1 heteroatoms. The number of benzene rings is 1. The summed E-state index contributed by atoms with van der Waals surface area (Å²) in [5, 5.41) is 9.78. The van der Waals surface area contributed by atoms with Gasteiger partial charge in [0.05, 0.1) is 5.60 Å². The van der Waals surface area contributed by atoms with Crippen LogP contribution in [0, 0.1) is 0 Å². The van der Waals surface area contributed by atoms with E-state index in [0.29, 0.717) is 5.92 Å². The Morgan fingerprint density at radius 3 is 2.07 bits per heavy atom. The highest BCUT2D eigenvalue weighted by Crippen LogP contribution is 2.23. The molecule has 0 spiro atoms. The monoisotopic (exact) mass is 192 g/mol. The molecule has 78 valence electrons. The summed E-state index contributed by atoms with van der Waals surface area (Å²) in [6, 6.07) is 8.26.